The molecule has 1 saturated heterocycles. The quantitative estimate of drug-likeness (QED) is 0.446. The van der Waals surface area contributed by atoms with Crippen molar-refractivity contribution in [2.45, 2.75) is 31.9 Å². The molecule has 7 nitrogen and oxygen atoms in total. The first-order valence-electron chi connectivity index (χ1n) is 6.54. The van der Waals surface area contributed by atoms with Crippen LogP contribution < -0.4 is 10.6 Å². The van der Waals surface area contributed by atoms with E-state index < -0.39 is 0 Å². The number of guanidine groups is 1. The van der Waals surface area contributed by atoms with Crippen molar-refractivity contribution in [1.82, 2.24) is 25.4 Å². The molecule has 1 unspecified atom stereocenters. The molecule has 20 heavy (non-hydrogen) atoms. The Morgan fingerprint density at radius 2 is 2.35 bits per heavy atom. The fourth-order valence-corrected chi connectivity index (χ4v) is 2.10. The van der Waals surface area contributed by atoms with E-state index in [2.05, 4.69) is 32.7 Å². The second-order valence-electron chi connectivity index (χ2n) is 5.04. The zero-order valence-electron chi connectivity index (χ0n) is 12.2. The number of aryl methyl sites for hydroxylation is 1. The minimum atomic E-state index is -0.0810. The second-order valence-corrected chi connectivity index (χ2v) is 5.04. The number of nitrogens with zero attached hydrogens (tertiary/aromatic N) is 4. The number of nitrogens with one attached hydrogen (secondary N) is 2. The van der Waals surface area contributed by atoms with Crippen LogP contribution in [0, 0.1) is 0 Å². The summed E-state index contributed by atoms with van der Waals surface area (Å²) in [4.78, 5) is 4.19. The van der Waals surface area contributed by atoms with Crippen molar-refractivity contribution in [3.05, 3.63) is 12.2 Å². The van der Waals surface area contributed by atoms with Gasteiger partial charge in [-0.25, -0.2) is 0 Å². The Hall–Kier alpha value is -0.900. The van der Waals surface area contributed by atoms with Crippen LogP contribution in [0.2, 0.25) is 0 Å². The molecule has 2 heterocycles. The minimum Gasteiger partial charge on any atom is -0.373 e. The van der Waals surface area contributed by atoms with Gasteiger partial charge in [0.1, 0.15) is 6.33 Å². The Bertz CT molecular complexity index is 441. The van der Waals surface area contributed by atoms with Crippen LogP contribution in [-0.4, -0.2) is 46.5 Å². The molecule has 1 aliphatic heterocycles. The lowest BCUT2D eigenvalue weighted by Gasteiger charge is -2.24. The summed E-state index contributed by atoms with van der Waals surface area (Å²) in [5.74, 6) is 1.62. The largest absolute Gasteiger partial charge is 0.373 e. The topological polar surface area (TPSA) is 76.4 Å². The highest BCUT2D eigenvalue weighted by atomic mass is 127. The van der Waals surface area contributed by atoms with Crippen molar-refractivity contribution in [2.24, 2.45) is 12.0 Å². The number of aromatic nitrogens is 3. The van der Waals surface area contributed by atoms with Crippen molar-refractivity contribution < 1.29 is 4.74 Å². The smallest absolute Gasteiger partial charge is 0.191 e. The van der Waals surface area contributed by atoms with Gasteiger partial charge in [-0.05, 0) is 19.8 Å². The Labute approximate surface area is 136 Å². The summed E-state index contributed by atoms with van der Waals surface area (Å²) < 4.78 is 7.61. The van der Waals surface area contributed by atoms with Crippen molar-refractivity contribution in [2.75, 3.05) is 20.2 Å². The third-order valence-electron chi connectivity index (χ3n) is 3.37. The zero-order chi connectivity index (χ0) is 13.7. The summed E-state index contributed by atoms with van der Waals surface area (Å²) >= 11 is 0. The van der Waals surface area contributed by atoms with Crippen molar-refractivity contribution in [3.8, 4) is 0 Å². The van der Waals surface area contributed by atoms with Gasteiger partial charge in [0.25, 0.3) is 0 Å². The molecule has 0 aromatic carbocycles. The number of halogens is 1. The van der Waals surface area contributed by atoms with Gasteiger partial charge in [-0.1, -0.05) is 0 Å². The van der Waals surface area contributed by atoms with E-state index in [1.165, 1.54) is 0 Å². The van der Waals surface area contributed by atoms with Crippen molar-refractivity contribution in [3.63, 3.8) is 0 Å². The number of hydrogen-bond donors (Lipinski definition) is 2. The van der Waals surface area contributed by atoms with Crippen LogP contribution in [0.4, 0.5) is 0 Å². The Balaban J connectivity index is 0.00000200. The van der Waals surface area contributed by atoms with Gasteiger partial charge < -0.3 is 19.9 Å². The van der Waals surface area contributed by atoms with Crippen LogP contribution in [0.5, 0.6) is 0 Å². The van der Waals surface area contributed by atoms with Gasteiger partial charge in [0.2, 0.25) is 0 Å². The normalized spacial score (nSPS) is 22.4. The Morgan fingerprint density at radius 3 is 2.90 bits per heavy atom. The van der Waals surface area contributed by atoms with Gasteiger partial charge >= 0.3 is 0 Å². The number of ether oxygens (including phenoxy) is 1. The third-order valence-corrected chi connectivity index (χ3v) is 3.37. The predicted molar refractivity (Wildman–Crippen MR) is 88.2 cm³/mol. The van der Waals surface area contributed by atoms with Crippen LogP contribution >= 0.6 is 24.0 Å². The predicted octanol–water partition coefficient (Wildman–Crippen LogP) is 0.667. The highest BCUT2D eigenvalue weighted by Gasteiger charge is 2.29. The SMILES string of the molecule is CN=C(NCc1nncn1C)NCC1(C)CCCO1.I. The van der Waals surface area contributed by atoms with E-state index in [9.17, 15) is 0 Å². The maximum absolute atomic E-state index is 5.73. The first-order chi connectivity index (χ1) is 9.13. The second kappa shape index (κ2) is 7.77. The summed E-state index contributed by atoms with van der Waals surface area (Å²) in [7, 11) is 3.67. The fourth-order valence-electron chi connectivity index (χ4n) is 2.10. The summed E-state index contributed by atoms with van der Waals surface area (Å²) in [6, 6.07) is 0. The molecule has 0 saturated carbocycles. The fraction of sp³-hybridized carbons (Fsp3) is 0.750. The summed E-state index contributed by atoms with van der Waals surface area (Å²) in [6.07, 6.45) is 3.89. The molecule has 1 aromatic heterocycles. The molecule has 114 valence electrons. The molecular weight excluding hydrogens is 371 g/mol. The minimum absolute atomic E-state index is 0. The molecular formula is C12H23IN6O. The standard InChI is InChI=1S/C12H22N6O.HI/c1-12(5-4-6-19-12)8-15-11(13-2)14-7-10-17-16-9-18(10)3;/h9H,4-8H2,1-3H3,(H2,13,14,15);1H. The molecule has 0 spiro atoms. The lowest BCUT2D eigenvalue weighted by Crippen LogP contribution is -2.45. The monoisotopic (exact) mass is 394 g/mol. The number of rotatable bonds is 4. The molecule has 2 N–H and O–H groups in total. The average Bonchev–Trinajstić information content (AvgIpc) is 3.00. The highest BCUT2D eigenvalue weighted by molar-refractivity contribution is 14.0. The van der Waals surface area contributed by atoms with E-state index in [-0.39, 0.29) is 29.6 Å². The molecule has 0 aliphatic carbocycles. The summed E-state index contributed by atoms with van der Waals surface area (Å²) in [5.41, 5.74) is -0.0810. The lowest BCUT2D eigenvalue weighted by molar-refractivity contribution is 0.0243. The molecule has 1 aromatic rings. The molecule has 2 rings (SSSR count). The molecule has 0 amide bonds. The van der Waals surface area contributed by atoms with E-state index in [0.29, 0.717) is 6.54 Å². The van der Waals surface area contributed by atoms with E-state index in [4.69, 9.17) is 4.74 Å². The van der Waals surface area contributed by atoms with Crippen LogP contribution in [0.15, 0.2) is 11.3 Å². The third kappa shape index (κ3) is 4.58. The Kier molecular flexibility index (Phi) is 6.66. The first-order valence-corrected chi connectivity index (χ1v) is 6.54. The Morgan fingerprint density at radius 1 is 1.55 bits per heavy atom. The van der Waals surface area contributed by atoms with Crippen LogP contribution in [0.3, 0.4) is 0 Å². The van der Waals surface area contributed by atoms with Crippen LogP contribution in [0.1, 0.15) is 25.6 Å². The average molecular weight is 394 g/mol. The van der Waals surface area contributed by atoms with Gasteiger partial charge in [-0.3, -0.25) is 4.99 Å². The maximum Gasteiger partial charge on any atom is 0.191 e. The van der Waals surface area contributed by atoms with E-state index in [1.807, 2.05) is 11.6 Å². The van der Waals surface area contributed by atoms with Crippen molar-refractivity contribution in [1.29, 1.82) is 0 Å². The molecule has 0 bridgehead atoms. The van der Waals surface area contributed by atoms with E-state index in [1.54, 1.807) is 13.4 Å². The number of aliphatic imine (C=N–C) groups is 1. The van der Waals surface area contributed by atoms with E-state index in [0.717, 1.165) is 37.8 Å². The van der Waals surface area contributed by atoms with Gasteiger partial charge in [-0.15, -0.1) is 34.2 Å². The van der Waals surface area contributed by atoms with Crippen LogP contribution in [0.25, 0.3) is 0 Å². The maximum atomic E-state index is 5.73. The molecule has 8 heteroatoms. The summed E-state index contributed by atoms with van der Waals surface area (Å²) in [6.45, 7) is 4.32. The molecule has 1 aliphatic rings. The van der Waals surface area contributed by atoms with Gasteiger partial charge in [0, 0.05) is 27.2 Å². The van der Waals surface area contributed by atoms with Crippen LogP contribution in [-0.2, 0) is 18.3 Å². The first kappa shape index (κ1) is 17.2. The molecule has 1 atom stereocenters. The van der Waals surface area contributed by atoms with Crippen molar-refractivity contribution >= 4 is 29.9 Å². The highest BCUT2D eigenvalue weighted by Crippen LogP contribution is 2.23. The van der Waals surface area contributed by atoms with Gasteiger partial charge in [0.05, 0.1) is 12.1 Å². The lowest BCUT2D eigenvalue weighted by atomic mass is 10.0. The van der Waals surface area contributed by atoms with Gasteiger partial charge in [-0.2, -0.15) is 0 Å². The van der Waals surface area contributed by atoms with E-state index >= 15 is 0 Å². The zero-order valence-corrected chi connectivity index (χ0v) is 14.5. The van der Waals surface area contributed by atoms with Gasteiger partial charge in [0.15, 0.2) is 11.8 Å². The summed E-state index contributed by atoms with van der Waals surface area (Å²) in [5, 5.41) is 14.4. The number of hydrogen-bond acceptors (Lipinski definition) is 4. The molecule has 1 fully saturated rings. The molecule has 0 radical (unpaired) electrons.